The van der Waals surface area contributed by atoms with Crippen LogP contribution in [0.2, 0.25) is 10.0 Å². The van der Waals surface area contributed by atoms with E-state index in [1.165, 1.54) is 0 Å². The molecule has 5 heteroatoms. The summed E-state index contributed by atoms with van der Waals surface area (Å²) in [5, 5.41) is 3.23. The van der Waals surface area contributed by atoms with Crippen molar-refractivity contribution in [3.63, 3.8) is 0 Å². The van der Waals surface area contributed by atoms with Gasteiger partial charge in [-0.2, -0.15) is 0 Å². The van der Waals surface area contributed by atoms with Crippen molar-refractivity contribution in [2.75, 3.05) is 0 Å². The number of nitrogens with zero attached hydrogens (tertiary/aromatic N) is 2. The van der Waals surface area contributed by atoms with Crippen LogP contribution in [0.1, 0.15) is 0 Å². The highest BCUT2D eigenvalue weighted by Crippen LogP contribution is 2.42. The van der Waals surface area contributed by atoms with E-state index < -0.39 is 0 Å². The van der Waals surface area contributed by atoms with Crippen LogP contribution in [0.4, 0.5) is 0 Å². The zero-order chi connectivity index (χ0) is 13.9. The van der Waals surface area contributed by atoms with Gasteiger partial charge in [-0.1, -0.05) is 47.5 Å². The van der Waals surface area contributed by atoms with Crippen LogP contribution in [0.15, 0.2) is 42.5 Å². The third-order valence-corrected chi connectivity index (χ3v) is 4.41. The van der Waals surface area contributed by atoms with Crippen molar-refractivity contribution in [2.45, 2.75) is 0 Å². The Morgan fingerprint density at radius 1 is 1.00 bits per heavy atom. The van der Waals surface area contributed by atoms with Crippen LogP contribution in [0.3, 0.4) is 0 Å². The van der Waals surface area contributed by atoms with Gasteiger partial charge in [-0.3, -0.25) is 0 Å². The van der Waals surface area contributed by atoms with E-state index in [4.69, 9.17) is 23.2 Å². The van der Waals surface area contributed by atoms with Crippen molar-refractivity contribution < 1.29 is 0 Å². The molecule has 106 valence electrons. The molecule has 2 aromatic carbocycles. The molecule has 0 N–H and O–H groups in total. The molecule has 0 amide bonds. The Bertz CT molecular complexity index is 943. The molecule has 2 aliphatic rings. The van der Waals surface area contributed by atoms with E-state index in [2.05, 4.69) is 15.6 Å². The van der Waals surface area contributed by atoms with Gasteiger partial charge in [-0.25, -0.2) is 4.98 Å². The summed E-state index contributed by atoms with van der Waals surface area (Å²) in [6.07, 6.45) is 0. The van der Waals surface area contributed by atoms with Gasteiger partial charge in [0.1, 0.15) is 5.69 Å². The van der Waals surface area contributed by atoms with E-state index in [0.29, 0.717) is 10.0 Å². The number of rotatable bonds is 0. The maximum atomic E-state index is 6.56. The quantitative estimate of drug-likeness (QED) is 0.411. The number of halogens is 3. The smallest absolute Gasteiger partial charge is 0.107 e. The minimum absolute atomic E-state index is 0. The number of para-hydroxylation sites is 1. The second kappa shape index (κ2) is 5.06. The summed E-state index contributed by atoms with van der Waals surface area (Å²) >= 11 is 12.9. The van der Waals surface area contributed by atoms with Gasteiger partial charge in [0.05, 0.1) is 26.8 Å². The molecule has 0 atom stereocenters. The highest BCUT2D eigenvalue weighted by Gasteiger charge is 2.21. The number of fused-ring (bicyclic) bond motifs is 4. The van der Waals surface area contributed by atoms with Crippen LogP contribution in [0.25, 0.3) is 33.2 Å². The predicted octanol–water partition coefficient (Wildman–Crippen LogP) is 5.56. The van der Waals surface area contributed by atoms with E-state index >= 15 is 0 Å². The van der Waals surface area contributed by atoms with Gasteiger partial charge in [0, 0.05) is 17.8 Å². The molecular formula is C16H11Cl3N2. The monoisotopic (exact) mass is 336 g/mol. The lowest BCUT2D eigenvalue weighted by Gasteiger charge is -2.15. The van der Waals surface area contributed by atoms with Crippen LogP contribution in [-0.4, -0.2) is 9.55 Å². The summed E-state index contributed by atoms with van der Waals surface area (Å²) in [5.74, 6) is 0. The van der Waals surface area contributed by atoms with Crippen molar-refractivity contribution in [1.29, 1.82) is 0 Å². The van der Waals surface area contributed by atoms with Gasteiger partial charge in [-0.05, 0) is 18.2 Å². The molecule has 0 bridgehead atoms. The van der Waals surface area contributed by atoms with Crippen molar-refractivity contribution in [3.8, 4) is 11.4 Å². The Hall–Kier alpha value is -1.48. The maximum absolute atomic E-state index is 6.56. The van der Waals surface area contributed by atoms with Crippen molar-refractivity contribution in [2.24, 2.45) is 7.05 Å². The summed E-state index contributed by atoms with van der Waals surface area (Å²) in [6, 6.07) is 13.9. The zero-order valence-corrected chi connectivity index (χ0v) is 13.4. The molecule has 2 heterocycles. The number of hydrogen-bond acceptors (Lipinski definition) is 1. The topological polar surface area (TPSA) is 17.8 Å². The predicted molar refractivity (Wildman–Crippen MR) is 92.1 cm³/mol. The summed E-state index contributed by atoms with van der Waals surface area (Å²) in [5.41, 5.74) is 3.80. The SMILES string of the molecule is Cl.Cn1c2c3ccccc3nc-2c(Cl)c2c(Cl)cccc21. The lowest BCUT2D eigenvalue weighted by atomic mass is 10.1. The Labute approximate surface area is 138 Å². The molecule has 0 aliphatic carbocycles. The Morgan fingerprint density at radius 2 is 1.76 bits per heavy atom. The Morgan fingerprint density at radius 3 is 2.57 bits per heavy atom. The summed E-state index contributed by atoms with van der Waals surface area (Å²) in [4.78, 5) is 4.66. The number of aryl methyl sites for hydroxylation is 1. The molecule has 0 saturated heterocycles. The van der Waals surface area contributed by atoms with Gasteiger partial charge in [0.15, 0.2) is 0 Å². The Balaban J connectivity index is 0.00000132. The van der Waals surface area contributed by atoms with E-state index in [0.717, 1.165) is 33.2 Å². The van der Waals surface area contributed by atoms with Gasteiger partial charge in [0.2, 0.25) is 0 Å². The van der Waals surface area contributed by atoms with Gasteiger partial charge < -0.3 is 4.57 Å². The summed E-state index contributed by atoms with van der Waals surface area (Å²) < 4.78 is 2.11. The van der Waals surface area contributed by atoms with Crippen molar-refractivity contribution in [3.05, 3.63) is 52.5 Å². The molecule has 0 fully saturated rings. The second-order valence-electron chi connectivity index (χ2n) is 4.83. The third kappa shape index (κ3) is 1.90. The third-order valence-electron chi connectivity index (χ3n) is 3.73. The highest BCUT2D eigenvalue weighted by atomic mass is 35.5. The highest BCUT2D eigenvalue weighted by molar-refractivity contribution is 6.44. The van der Waals surface area contributed by atoms with Crippen molar-refractivity contribution in [1.82, 2.24) is 9.55 Å². The molecule has 4 rings (SSSR count). The largest absolute Gasteiger partial charge is 0.342 e. The first-order chi connectivity index (χ1) is 9.68. The molecule has 0 unspecified atom stereocenters. The van der Waals surface area contributed by atoms with E-state index in [1.807, 2.05) is 43.4 Å². The van der Waals surface area contributed by atoms with Crippen LogP contribution in [0, 0.1) is 0 Å². The molecule has 0 aromatic heterocycles. The second-order valence-corrected chi connectivity index (χ2v) is 5.62. The first kappa shape index (κ1) is 14.5. The molecule has 2 aromatic rings. The Kier molecular flexibility index (Phi) is 3.48. The van der Waals surface area contributed by atoms with Crippen LogP contribution < -0.4 is 0 Å². The van der Waals surface area contributed by atoms with E-state index in [9.17, 15) is 0 Å². The number of pyridine rings is 1. The molecular weight excluding hydrogens is 327 g/mol. The molecule has 21 heavy (non-hydrogen) atoms. The van der Waals surface area contributed by atoms with Crippen LogP contribution in [-0.2, 0) is 7.05 Å². The zero-order valence-electron chi connectivity index (χ0n) is 11.1. The average molecular weight is 338 g/mol. The fourth-order valence-corrected chi connectivity index (χ4v) is 3.46. The molecule has 2 nitrogen and oxygen atoms in total. The van der Waals surface area contributed by atoms with Crippen LogP contribution in [0.5, 0.6) is 0 Å². The lowest BCUT2D eigenvalue weighted by molar-refractivity contribution is 0.967. The number of hydrogen-bond donors (Lipinski definition) is 0. The molecule has 0 saturated carbocycles. The lowest BCUT2D eigenvalue weighted by Crippen LogP contribution is -2.00. The van der Waals surface area contributed by atoms with E-state index in [-0.39, 0.29) is 12.4 Å². The summed E-state index contributed by atoms with van der Waals surface area (Å²) in [6.45, 7) is 0. The number of aromatic nitrogens is 2. The van der Waals surface area contributed by atoms with Gasteiger partial charge in [0.25, 0.3) is 0 Å². The van der Waals surface area contributed by atoms with Gasteiger partial charge >= 0.3 is 0 Å². The minimum Gasteiger partial charge on any atom is -0.342 e. The van der Waals surface area contributed by atoms with Gasteiger partial charge in [-0.15, -0.1) is 12.4 Å². The van der Waals surface area contributed by atoms with Crippen LogP contribution >= 0.6 is 35.6 Å². The van der Waals surface area contributed by atoms with Crippen molar-refractivity contribution >= 4 is 57.4 Å². The fourth-order valence-electron chi connectivity index (χ4n) is 2.81. The molecule has 0 spiro atoms. The fraction of sp³-hybridized carbons (Fsp3) is 0.0625. The average Bonchev–Trinajstić information content (AvgIpc) is 2.84. The minimum atomic E-state index is 0. The summed E-state index contributed by atoms with van der Waals surface area (Å²) in [7, 11) is 2.02. The standard InChI is InChI=1S/C16H10Cl2N2.ClH/c1-20-12-8-4-6-10(17)13(12)14(18)15-16(20)9-5-2-3-7-11(9)19-15;/h2-8H,1H3;1H. The maximum Gasteiger partial charge on any atom is 0.107 e. The van der Waals surface area contributed by atoms with E-state index in [1.54, 1.807) is 0 Å². The first-order valence-electron chi connectivity index (χ1n) is 6.29. The molecule has 0 radical (unpaired) electrons. The molecule has 2 aliphatic heterocycles. The first-order valence-corrected chi connectivity index (χ1v) is 7.05. The number of benzene rings is 2. The normalized spacial score (nSPS) is 11.2.